The molecular formula is C13H13FN2O3S. The van der Waals surface area contributed by atoms with Crippen LogP contribution in [0.4, 0.5) is 10.2 Å². The summed E-state index contributed by atoms with van der Waals surface area (Å²) in [6.45, 7) is 0. The van der Waals surface area contributed by atoms with Gasteiger partial charge in [0.2, 0.25) is 10.0 Å². The minimum Gasteiger partial charge on any atom is -0.493 e. The van der Waals surface area contributed by atoms with Crippen LogP contribution in [0.2, 0.25) is 0 Å². The van der Waals surface area contributed by atoms with Crippen LogP contribution in [0.5, 0.6) is 5.75 Å². The van der Waals surface area contributed by atoms with E-state index in [0.29, 0.717) is 11.3 Å². The highest BCUT2D eigenvalue weighted by Crippen LogP contribution is 2.22. The zero-order valence-electron chi connectivity index (χ0n) is 10.7. The van der Waals surface area contributed by atoms with E-state index in [1.165, 1.54) is 37.6 Å². The molecule has 106 valence electrons. The molecule has 1 aromatic carbocycles. The quantitative estimate of drug-likeness (QED) is 0.918. The summed E-state index contributed by atoms with van der Waals surface area (Å²) in [5, 5.41) is 0. The number of rotatable bonds is 5. The first-order chi connectivity index (χ1) is 9.50. The van der Waals surface area contributed by atoms with Crippen molar-refractivity contribution in [2.45, 2.75) is 5.75 Å². The molecule has 5 nitrogen and oxygen atoms in total. The third kappa shape index (κ3) is 3.67. The van der Waals surface area contributed by atoms with Crippen molar-refractivity contribution in [1.82, 2.24) is 4.98 Å². The summed E-state index contributed by atoms with van der Waals surface area (Å²) in [5.41, 5.74) is 0.354. The van der Waals surface area contributed by atoms with Crippen molar-refractivity contribution < 1.29 is 17.5 Å². The van der Waals surface area contributed by atoms with Gasteiger partial charge >= 0.3 is 0 Å². The van der Waals surface area contributed by atoms with Crippen molar-refractivity contribution in [3.8, 4) is 5.75 Å². The summed E-state index contributed by atoms with van der Waals surface area (Å²) in [6.07, 6.45) is 1.45. The fraction of sp³-hybridized carbons (Fsp3) is 0.154. The van der Waals surface area contributed by atoms with Gasteiger partial charge in [0.1, 0.15) is 5.82 Å². The van der Waals surface area contributed by atoms with Gasteiger partial charge in [-0.15, -0.1) is 0 Å². The van der Waals surface area contributed by atoms with E-state index in [1.54, 1.807) is 12.1 Å². The molecule has 0 aliphatic heterocycles. The number of pyridine rings is 1. The maximum Gasteiger partial charge on any atom is 0.238 e. The van der Waals surface area contributed by atoms with Crippen molar-refractivity contribution in [2.75, 3.05) is 11.8 Å². The average molecular weight is 296 g/mol. The second kappa shape index (κ2) is 5.87. The Bertz CT molecular complexity index is 704. The van der Waals surface area contributed by atoms with Gasteiger partial charge in [-0.3, -0.25) is 4.72 Å². The Morgan fingerprint density at radius 3 is 2.80 bits per heavy atom. The minimum atomic E-state index is -3.70. The number of nitrogens with one attached hydrogen (secondary N) is 1. The van der Waals surface area contributed by atoms with E-state index in [4.69, 9.17) is 4.74 Å². The van der Waals surface area contributed by atoms with E-state index >= 15 is 0 Å². The van der Waals surface area contributed by atoms with Crippen LogP contribution in [-0.2, 0) is 15.8 Å². The molecule has 2 rings (SSSR count). The van der Waals surface area contributed by atoms with Crippen LogP contribution in [0, 0.1) is 5.82 Å². The molecule has 0 aliphatic carbocycles. The predicted molar refractivity (Wildman–Crippen MR) is 73.4 cm³/mol. The molecule has 0 saturated carbocycles. The van der Waals surface area contributed by atoms with Crippen LogP contribution < -0.4 is 9.46 Å². The standard InChI is InChI=1S/C13H13FN2O3S/c1-19-12-6-3-7-15-13(12)16-20(17,18)9-10-4-2-5-11(14)8-10/h2-8H,9H2,1H3,(H,15,16). The number of nitrogens with zero attached hydrogens (tertiary/aromatic N) is 1. The molecule has 7 heteroatoms. The van der Waals surface area contributed by atoms with Gasteiger partial charge in [0.15, 0.2) is 11.6 Å². The molecule has 2 aromatic rings. The van der Waals surface area contributed by atoms with Gasteiger partial charge in [-0.25, -0.2) is 17.8 Å². The molecule has 0 bridgehead atoms. The molecule has 0 unspecified atom stereocenters. The molecule has 0 radical (unpaired) electrons. The van der Waals surface area contributed by atoms with E-state index in [-0.39, 0.29) is 11.6 Å². The zero-order chi connectivity index (χ0) is 14.6. The molecule has 0 fully saturated rings. The van der Waals surface area contributed by atoms with Crippen molar-refractivity contribution in [2.24, 2.45) is 0 Å². The van der Waals surface area contributed by atoms with Gasteiger partial charge in [0, 0.05) is 6.20 Å². The van der Waals surface area contributed by atoms with Crippen molar-refractivity contribution >= 4 is 15.8 Å². The summed E-state index contributed by atoms with van der Waals surface area (Å²) in [7, 11) is -2.28. The number of hydrogen-bond donors (Lipinski definition) is 1. The molecule has 0 atom stereocenters. The highest BCUT2D eigenvalue weighted by atomic mass is 32.2. The third-order valence-electron chi connectivity index (χ3n) is 2.49. The van der Waals surface area contributed by atoms with Gasteiger partial charge in [-0.05, 0) is 29.8 Å². The molecule has 20 heavy (non-hydrogen) atoms. The number of halogens is 1. The topological polar surface area (TPSA) is 68.3 Å². The number of methoxy groups -OCH3 is 1. The van der Waals surface area contributed by atoms with E-state index in [9.17, 15) is 12.8 Å². The second-order valence-electron chi connectivity index (χ2n) is 4.05. The highest BCUT2D eigenvalue weighted by Gasteiger charge is 2.15. The number of ether oxygens (including phenoxy) is 1. The van der Waals surface area contributed by atoms with Gasteiger partial charge in [0.05, 0.1) is 12.9 Å². The SMILES string of the molecule is COc1cccnc1NS(=O)(=O)Cc1cccc(F)c1. The van der Waals surface area contributed by atoms with Crippen LogP contribution in [0.15, 0.2) is 42.6 Å². The van der Waals surface area contributed by atoms with Crippen molar-refractivity contribution in [1.29, 1.82) is 0 Å². The number of anilines is 1. The lowest BCUT2D eigenvalue weighted by Gasteiger charge is -2.10. The number of aromatic nitrogens is 1. The third-order valence-corrected chi connectivity index (χ3v) is 3.71. The maximum absolute atomic E-state index is 13.0. The minimum absolute atomic E-state index is 0.103. The fourth-order valence-electron chi connectivity index (χ4n) is 1.66. The van der Waals surface area contributed by atoms with E-state index < -0.39 is 15.8 Å². The lowest BCUT2D eigenvalue weighted by atomic mass is 10.2. The van der Waals surface area contributed by atoms with E-state index in [0.717, 1.165) is 0 Å². The lowest BCUT2D eigenvalue weighted by molar-refractivity contribution is 0.415. The molecule has 0 aliphatic rings. The van der Waals surface area contributed by atoms with Crippen molar-refractivity contribution in [3.05, 3.63) is 54.0 Å². The maximum atomic E-state index is 13.0. The van der Waals surface area contributed by atoms with E-state index in [2.05, 4.69) is 9.71 Å². The van der Waals surface area contributed by atoms with Crippen LogP contribution >= 0.6 is 0 Å². The first-order valence-electron chi connectivity index (χ1n) is 5.74. The summed E-state index contributed by atoms with van der Waals surface area (Å²) < 4.78 is 44.4. The normalized spacial score (nSPS) is 11.1. The number of benzene rings is 1. The Morgan fingerprint density at radius 1 is 1.30 bits per heavy atom. The molecule has 0 saturated heterocycles. The largest absolute Gasteiger partial charge is 0.493 e. The van der Waals surface area contributed by atoms with Gasteiger partial charge < -0.3 is 4.74 Å². The molecular weight excluding hydrogens is 283 g/mol. The molecule has 1 heterocycles. The number of hydrogen-bond acceptors (Lipinski definition) is 4. The Hall–Kier alpha value is -2.15. The van der Waals surface area contributed by atoms with Crippen LogP contribution in [-0.4, -0.2) is 20.5 Å². The second-order valence-corrected chi connectivity index (χ2v) is 5.77. The summed E-state index contributed by atoms with van der Waals surface area (Å²) >= 11 is 0. The fourth-order valence-corrected chi connectivity index (χ4v) is 2.80. The highest BCUT2D eigenvalue weighted by molar-refractivity contribution is 7.91. The Kier molecular flexibility index (Phi) is 4.19. The predicted octanol–water partition coefficient (Wildman–Crippen LogP) is 2.17. The summed E-state index contributed by atoms with van der Waals surface area (Å²) in [6, 6.07) is 8.65. The Balaban J connectivity index is 2.19. The van der Waals surface area contributed by atoms with E-state index in [1.807, 2.05) is 0 Å². The first-order valence-corrected chi connectivity index (χ1v) is 7.39. The molecule has 0 spiro atoms. The van der Waals surface area contributed by atoms with Crippen molar-refractivity contribution in [3.63, 3.8) is 0 Å². The summed E-state index contributed by atoms with van der Waals surface area (Å²) in [5.74, 6) is -0.403. The van der Waals surface area contributed by atoms with Crippen LogP contribution in [0.25, 0.3) is 0 Å². The van der Waals surface area contributed by atoms with Gasteiger partial charge in [-0.2, -0.15) is 0 Å². The molecule has 0 amide bonds. The Morgan fingerprint density at radius 2 is 2.10 bits per heavy atom. The van der Waals surface area contributed by atoms with Crippen LogP contribution in [0.3, 0.4) is 0 Å². The molecule has 1 N–H and O–H groups in total. The monoisotopic (exact) mass is 296 g/mol. The first kappa shape index (κ1) is 14.3. The van der Waals surface area contributed by atoms with Gasteiger partial charge in [0.25, 0.3) is 0 Å². The Labute approximate surface area is 116 Å². The number of sulfonamides is 1. The average Bonchev–Trinajstić information content (AvgIpc) is 2.38. The van der Waals surface area contributed by atoms with Gasteiger partial charge in [-0.1, -0.05) is 12.1 Å². The smallest absolute Gasteiger partial charge is 0.238 e. The molecule has 1 aromatic heterocycles. The zero-order valence-corrected chi connectivity index (χ0v) is 11.5. The summed E-state index contributed by atoms with van der Waals surface area (Å²) in [4.78, 5) is 3.90. The van der Waals surface area contributed by atoms with Crippen LogP contribution in [0.1, 0.15) is 5.56 Å². The lowest BCUT2D eigenvalue weighted by Crippen LogP contribution is -2.16.